The van der Waals surface area contributed by atoms with Gasteiger partial charge in [-0.3, -0.25) is 0 Å². The van der Waals surface area contributed by atoms with E-state index in [1.165, 1.54) is 0 Å². The standard InChI is InChI=1S/C12H17ClN2O/c1-10-7-11(9-13)8-12(14-10)15-3-2-5-16-6-4-15/h7-8H,2-6,9H2,1H3. The molecule has 0 saturated carbocycles. The number of anilines is 1. The predicted molar refractivity (Wildman–Crippen MR) is 66.2 cm³/mol. The van der Waals surface area contributed by atoms with Crippen LogP contribution in [-0.2, 0) is 10.6 Å². The summed E-state index contributed by atoms with van der Waals surface area (Å²) in [7, 11) is 0. The van der Waals surface area contributed by atoms with Crippen molar-refractivity contribution in [1.82, 2.24) is 4.98 Å². The van der Waals surface area contributed by atoms with Crippen LogP contribution in [0.3, 0.4) is 0 Å². The van der Waals surface area contributed by atoms with Crippen molar-refractivity contribution in [2.75, 3.05) is 31.2 Å². The molecule has 1 saturated heterocycles. The van der Waals surface area contributed by atoms with Gasteiger partial charge >= 0.3 is 0 Å². The third-order valence-corrected chi connectivity index (χ3v) is 3.01. The number of nitrogens with zero attached hydrogens (tertiary/aromatic N) is 2. The van der Waals surface area contributed by atoms with Crippen LogP contribution in [0, 0.1) is 6.92 Å². The number of aromatic nitrogens is 1. The van der Waals surface area contributed by atoms with Crippen LogP contribution in [0.4, 0.5) is 5.82 Å². The minimum Gasteiger partial charge on any atom is -0.380 e. The van der Waals surface area contributed by atoms with Crippen LogP contribution < -0.4 is 4.90 Å². The molecule has 0 N–H and O–H groups in total. The molecule has 0 radical (unpaired) electrons. The molecule has 1 aromatic heterocycles. The topological polar surface area (TPSA) is 25.4 Å². The van der Waals surface area contributed by atoms with Crippen molar-refractivity contribution in [3.63, 3.8) is 0 Å². The van der Waals surface area contributed by atoms with Crippen molar-refractivity contribution in [3.8, 4) is 0 Å². The monoisotopic (exact) mass is 240 g/mol. The van der Waals surface area contributed by atoms with E-state index in [0.29, 0.717) is 5.88 Å². The lowest BCUT2D eigenvalue weighted by molar-refractivity contribution is 0.152. The van der Waals surface area contributed by atoms with Gasteiger partial charge in [-0.25, -0.2) is 4.98 Å². The number of hydrogen-bond donors (Lipinski definition) is 0. The largest absolute Gasteiger partial charge is 0.380 e. The van der Waals surface area contributed by atoms with Gasteiger partial charge < -0.3 is 9.64 Å². The smallest absolute Gasteiger partial charge is 0.129 e. The van der Waals surface area contributed by atoms with E-state index in [-0.39, 0.29) is 0 Å². The number of hydrogen-bond acceptors (Lipinski definition) is 3. The number of pyridine rings is 1. The first-order valence-electron chi connectivity index (χ1n) is 5.66. The molecule has 0 aromatic carbocycles. The van der Waals surface area contributed by atoms with Gasteiger partial charge in [0.2, 0.25) is 0 Å². The summed E-state index contributed by atoms with van der Waals surface area (Å²) in [5.74, 6) is 1.57. The Labute approximate surface area is 101 Å². The first-order valence-corrected chi connectivity index (χ1v) is 6.19. The second-order valence-electron chi connectivity index (χ2n) is 4.06. The molecule has 3 nitrogen and oxygen atoms in total. The molecule has 0 bridgehead atoms. The van der Waals surface area contributed by atoms with Gasteiger partial charge in [0, 0.05) is 31.3 Å². The molecule has 0 aliphatic carbocycles. The Bertz CT molecular complexity index is 349. The van der Waals surface area contributed by atoms with Gasteiger partial charge in [0.15, 0.2) is 0 Å². The van der Waals surface area contributed by atoms with E-state index >= 15 is 0 Å². The molecule has 0 spiro atoms. The molecule has 0 amide bonds. The first-order chi connectivity index (χ1) is 7.79. The third kappa shape index (κ3) is 2.86. The Morgan fingerprint density at radius 2 is 2.25 bits per heavy atom. The fourth-order valence-corrected chi connectivity index (χ4v) is 2.09. The van der Waals surface area contributed by atoms with Crippen LogP contribution in [0.25, 0.3) is 0 Å². The van der Waals surface area contributed by atoms with Crippen LogP contribution in [0.1, 0.15) is 17.7 Å². The molecule has 4 heteroatoms. The van der Waals surface area contributed by atoms with Gasteiger partial charge in [0.05, 0.1) is 6.61 Å². The average Bonchev–Trinajstić information content (AvgIpc) is 2.56. The van der Waals surface area contributed by atoms with Crippen LogP contribution in [0.2, 0.25) is 0 Å². The van der Waals surface area contributed by atoms with Gasteiger partial charge in [0.25, 0.3) is 0 Å². The van der Waals surface area contributed by atoms with E-state index in [0.717, 1.165) is 49.8 Å². The second kappa shape index (κ2) is 5.51. The molecular weight excluding hydrogens is 224 g/mol. The highest BCUT2D eigenvalue weighted by Crippen LogP contribution is 2.17. The summed E-state index contributed by atoms with van der Waals surface area (Å²) in [4.78, 5) is 6.83. The minimum absolute atomic E-state index is 0.542. The van der Waals surface area contributed by atoms with E-state index < -0.39 is 0 Å². The maximum atomic E-state index is 5.87. The molecule has 2 rings (SSSR count). The van der Waals surface area contributed by atoms with Crippen LogP contribution in [0.5, 0.6) is 0 Å². The van der Waals surface area contributed by atoms with E-state index in [4.69, 9.17) is 16.3 Å². The van der Waals surface area contributed by atoms with E-state index in [1.807, 2.05) is 13.0 Å². The van der Waals surface area contributed by atoms with E-state index in [9.17, 15) is 0 Å². The number of aryl methyl sites for hydroxylation is 1. The SMILES string of the molecule is Cc1cc(CCl)cc(N2CCCOCC2)n1. The Balaban J connectivity index is 2.20. The quantitative estimate of drug-likeness (QED) is 0.742. The number of ether oxygens (including phenoxy) is 1. The summed E-state index contributed by atoms with van der Waals surface area (Å²) in [6, 6.07) is 4.11. The van der Waals surface area contributed by atoms with Crippen molar-refractivity contribution in [2.45, 2.75) is 19.2 Å². The zero-order valence-corrected chi connectivity index (χ0v) is 10.3. The zero-order chi connectivity index (χ0) is 11.4. The molecule has 1 aromatic rings. The Kier molecular flexibility index (Phi) is 4.02. The van der Waals surface area contributed by atoms with Crippen molar-refractivity contribution in [1.29, 1.82) is 0 Å². The molecule has 1 fully saturated rings. The number of halogens is 1. The van der Waals surface area contributed by atoms with E-state index in [2.05, 4.69) is 16.0 Å². The summed E-state index contributed by atoms with van der Waals surface area (Å²) in [5.41, 5.74) is 2.16. The van der Waals surface area contributed by atoms with Crippen molar-refractivity contribution < 1.29 is 4.74 Å². The molecule has 0 unspecified atom stereocenters. The van der Waals surface area contributed by atoms with Gasteiger partial charge in [-0.1, -0.05) is 0 Å². The maximum absolute atomic E-state index is 5.87. The Morgan fingerprint density at radius 1 is 1.38 bits per heavy atom. The molecule has 2 heterocycles. The number of rotatable bonds is 2. The van der Waals surface area contributed by atoms with Crippen molar-refractivity contribution >= 4 is 17.4 Å². The minimum atomic E-state index is 0.542. The average molecular weight is 241 g/mol. The van der Waals surface area contributed by atoms with Crippen molar-refractivity contribution in [3.05, 3.63) is 23.4 Å². The summed E-state index contributed by atoms with van der Waals surface area (Å²) in [6.45, 7) is 5.57. The lowest BCUT2D eigenvalue weighted by Gasteiger charge is -2.21. The third-order valence-electron chi connectivity index (χ3n) is 2.70. The van der Waals surface area contributed by atoms with Gasteiger partial charge in [-0.15, -0.1) is 11.6 Å². The van der Waals surface area contributed by atoms with Crippen LogP contribution in [-0.4, -0.2) is 31.3 Å². The first kappa shape index (κ1) is 11.7. The Morgan fingerprint density at radius 3 is 3.06 bits per heavy atom. The lowest BCUT2D eigenvalue weighted by atomic mass is 10.2. The molecule has 1 aliphatic heterocycles. The molecule has 0 atom stereocenters. The predicted octanol–water partition coefficient (Wildman–Crippen LogP) is 2.36. The fourth-order valence-electron chi connectivity index (χ4n) is 1.94. The molecular formula is C12H17ClN2O. The summed E-state index contributed by atoms with van der Waals surface area (Å²) in [6.07, 6.45) is 1.06. The zero-order valence-electron chi connectivity index (χ0n) is 9.58. The molecule has 1 aliphatic rings. The summed E-state index contributed by atoms with van der Waals surface area (Å²) < 4.78 is 5.44. The van der Waals surface area contributed by atoms with Gasteiger partial charge in [0.1, 0.15) is 5.82 Å². The Hall–Kier alpha value is -0.800. The van der Waals surface area contributed by atoms with Gasteiger partial charge in [-0.2, -0.15) is 0 Å². The van der Waals surface area contributed by atoms with Gasteiger partial charge in [-0.05, 0) is 31.0 Å². The van der Waals surface area contributed by atoms with Crippen molar-refractivity contribution in [2.24, 2.45) is 0 Å². The highest BCUT2D eigenvalue weighted by molar-refractivity contribution is 6.17. The highest BCUT2D eigenvalue weighted by Gasteiger charge is 2.12. The lowest BCUT2D eigenvalue weighted by Crippen LogP contribution is -2.27. The second-order valence-corrected chi connectivity index (χ2v) is 4.33. The maximum Gasteiger partial charge on any atom is 0.129 e. The fraction of sp³-hybridized carbons (Fsp3) is 0.583. The molecule has 88 valence electrons. The highest BCUT2D eigenvalue weighted by atomic mass is 35.5. The van der Waals surface area contributed by atoms with Crippen LogP contribution in [0.15, 0.2) is 12.1 Å². The molecule has 16 heavy (non-hydrogen) atoms. The van der Waals surface area contributed by atoms with Crippen LogP contribution >= 0.6 is 11.6 Å². The summed E-state index contributed by atoms with van der Waals surface area (Å²) in [5, 5.41) is 0. The van der Waals surface area contributed by atoms with E-state index in [1.54, 1.807) is 0 Å². The normalized spacial score (nSPS) is 17.2. The number of alkyl halides is 1. The summed E-state index contributed by atoms with van der Waals surface area (Å²) >= 11 is 5.87.